The van der Waals surface area contributed by atoms with E-state index in [2.05, 4.69) is 14.8 Å². The molecule has 6 rings (SSSR count). The van der Waals surface area contributed by atoms with E-state index >= 15 is 0 Å². The van der Waals surface area contributed by atoms with Gasteiger partial charge in [-0.25, -0.2) is 0 Å². The predicted molar refractivity (Wildman–Crippen MR) is 136 cm³/mol. The van der Waals surface area contributed by atoms with Gasteiger partial charge >= 0.3 is 6.18 Å². The highest BCUT2D eigenvalue weighted by atomic mass is 35.5. The average Bonchev–Trinajstić information content (AvgIpc) is 3.51. The zero-order valence-corrected chi connectivity index (χ0v) is 21.1. The average molecular weight is 527 g/mol. The molecule has 4 aromatic rings. The number of aryl methyl sites for hydroxylation is 4. The highest BCUT2D eigenvalue weighted by Crippen LogP contribution is 2.42. The van der Waals surface area contributed by atoms with Crippen LogP contribution in [-0.2, 0) is 38.4 Å². The Morgan fingerprint density at radius 2 is 1.75 bits per heavy atom. The van der Waals surface area contributed by atoms with Crippen LogP contribution in [0.1, 0.15) is 56.3 Å². The molecule has 0 N–H and O–H groups in total. The van der Waals surface area contributed by atoms with Crippen molar-refractivity contribution in [3.8, 4) is 5.00 Å². The third-order valence-corrected chi connectivity index (χ3v) is 8.47. The van der Waals surface area contributed by atoms with Crippen LogP contribution in [0, 0.1) is 6.92 Å². The highest BCUT2D eigenvalue weighted by molar-refractivity contribution is 7.15. The van der Waals surface area contributed by atoms with E-state index in [-0.39, 0.29) is 0 Å². The van der Waals surface area contributed by atoms with Crippen molar-refractivity contribution in [2.24, 2.45) is 4.99 Å². The van der Waals surface area contributed by atoms with Crippen LogP contribution in [0.5, 0.6) is 0 Å². The highest BCUT2D eigenvalue weighted by Gasteiger charge is 2.32. The standard InChI is InChI=1S/C27H22ClF3N4S/c1-15-33-34-23-14-32-25(24-20-3-2-4-22(20)36-26(24)35(15)23)19-12-9-17(13-21(19)28)6-5-16-7-10-18(11-8-16)27(29,30)31/h7-13H,2-6,14H2,1H3. The van der Waals surface area contributed by atoms with Crippen molar-refractivity contribution >= 4 is 28.6 Å². The number of halogens is 4. The summed E-state index contributed by atoms with van der Waals surface area (Å²) < 4.78 is 40.6. The van der Waals surface area contributed by atoms with E-state index in [0.29, 0.717) is 24.4 Å². The van der Waals surface area contributed by atoms with Gasteiger partial charge in [0, 0.05) is 16.0 Å². The topological polar surface area (TPSA) is 43.1 Å². The van der Waals surface area contributed by atoms with Gasteiger partial charge < -0.3 is 0 Å². The number of nitrogens with zero attached hydrogens (tertiary/aromatic N) is 4. The number of hydrogen-bond donors (Lipinski definition) is 0. The summed E-state index contributed by atoms with van der Waals surface area (Å²) in [6.07, 6.45) is 0.236. The summed E-state index contributed by atoms with van der Waals surface area (Å²) in [5.41, 5.74) is 5.55. The minimum absolute atomic E-state index is 0.429. The van der Waals surface area contributed by atoms with Crippen molar-refractivity contribution in [2.75, 3.05) is 0 Å². The molecule has 36 heavy (non-hydrogen) atoms. The second-order valence-electron chi connectivity index (χ2n) is 9.21. The van der Waals surface area contributed by atoms with Gasteiger partial charge in [0.05, 0.1) is 16.3 Å². The maximum absolute atomic E-state index is 12.8. The van der Waals surface area contributed by atoms with Gasteiger partial charge in [-0.1, -0.05) is 35.9 Å². The zero-order chi connectivity index (χ0) is 25.0. The summed E-state index contributed by atoms with van der Waals surface area (Å²) in [4.78, 5) is 6.38. The lowest BCUT2D eigenvalue weighted by molar-refractivity contribution is -0.137. The molecule has 1 aliphatic carbocycles. The zero-order valence-electron chi connectivity index (χ0n) is 19.5. The first-order chi connectivity index (χ1) is 17.3. The molecule has 184 valence electrons. The quantitative estimate of drug-likeness (QED) is 0.289. The molecule has 2 aromatic carbocycles. The number of benzene rings is 2. The molecule has 0 amide bonds. The Bertz CT molecular complexity index is 1500. The summed E-state index contributed by atoms with van der Waals surface area (Å²) >= 11 is 8.64. The van der Waals surface area contributed by atoms with E-state index in [1.54, 1.807) is 11.3 Å². The lowest BCUT2D eigenvalue weighted by Gasteiger charge is -2.13. The molecule has 3 heterocycles. The first-order valence-electron chi connectivity index (χ1n) is 11.8. The van der Waals surface area contributed by atoms with Crippen LogP contribution in [-0.4, -0.2) is 20.5 Å². The lowest BCUT2D eigenvalue weighted by atomic mass is 9.96. The number of aliphatic imine (C=N–C) groups is 1. The van der Waals surface area contributed by atoms with Crippen molar-refractivity contribution in [2.45, 2.75) is 51.7 Å². The molecule has 0 saturated carbocycles. The summed E-state index contributed by atoms with van der Waals surface area (Å²) in [5.74, 6) is 1.68. The summed E-state index contributed by atoms with van der Waals surface area (Å²) in [6, 6.07) is 11.4. The molecular weight excluding hydrogens is 505 g/mol. The molecule has 0 unspecified atom stereocenters. The normalized spacial score (nSPS) is 14.8. The van der Waals surface area contributed by atoms with Crippen molar-refractivity contribution in [3.05, 3.63) is 97.4 Å². The second kappa shape index (κ2) is 8.85. The van der Waals surface area contributed by atoms with E-state index in [9.17, 15) is 13.2 Å². The van der Waals surface area contributed by atoms with Crippen molar-refractivity contribution < 1.29 is 13.2 Å². The Morgan fingerprint density at radius 3 is 2.50 bits per heavy atom. The predicted octanol–water partition coefficient (Wildman–Crippen LogP) is 6.93. The number of fused-ring (bicyclic) bond motifs is 5. The van der Waals surface area contributed by atoms with Gasteiger partial charge in [-0.05, 0) is 73.9 Å². The van der Waals surface area contributed by atoms with Crippen molar-refractivity contribution in [1.29, 1.82) is 0 Å². The van der Waals surface area contributed by atoms with Gasteiger partial charge in [-0.3, -0.25) is 9.56 Å². The van der Waals surface area contributed by atoms with Crippen LogP contribution >= 0.6 is 22.9 Å². The van der Waals surface area contributed by atoms with E-state index < -0.39 is 11.7 Å². The van der Waals surface area contributed by atoms with E-state index in [0.717, 1.165) is 76.0 Å². The fourth-order valence-electron chi connectivity index (χ4n) is 5.07. The summed E-state index contributed by atoms with van der Waals surface area (Å²) in [5, 5.41) is 10.4. The molecule has 0 spiro atoms. The third kappa shape index (κ3) is 4.06. The Labute approximate surface area is 215 Å². The summed E-state index contributed by atoms with van der Waals surface area (Å²) in [6.45, 7) is 2.40. The molecule has 9 heteroatoms. The first-order valence-corrected chi connectivity index (χ1v) is 13.0. The molecule has 0 radical (unpaired) electrons. The number of hydrogen-bond acceptors (Lipinski definition) is 4. The SMILES string of the molecule is Cc1nnc2n1-c1sc3c(c1C(c1ccc(CCc4ccc(C(F)(F)F)cc4)cc1Cl)=NC2)CCC3. The van der Waals surface area contributed by atoms with Crippen LogP contribution in [0.4, 0.5) is 13.2 Å². The number of rotatable bonds is 4. The first kappa shape index (κ1) is 23.4. The van der Waals surface area contributed by atoms with Gasteiger partial charge in [0.15, 0.2) is 5.82 Å². The van der Waals surface area contributed by atoms with Crippen LogP contribution in [0.25, 0.3) is 5.00 Å². The number of aromatic nitrogens is 3. The molecular formula is C27H22ClF3N4S. The monoisotopic (exact) mass is 526 g/mol. The van der Waals surface area contributed by atoms with Crippen LogP contribution in [0.2, 0.25) is 5.02 Å². The minimum Gasteiger partial charge on any atom is -0.276 e. The number of thiophene rings is 1. The molecule has 2 aromatic heterocycles. The van der Waals surface area contributed by atoms with E-state index in [4.69, 9.17) is 16.6 Å². The van der Waals surface area contributed by atoms with Gasteiger partial charge in [-0.2, -0.15) is 13.2 Å². The molecule has 4 nitrogen and oxygen atoms in total. The maximum Gasteiger partial charge on any atom is 0.416 e. The Balaban J connectivity index is 1.29. The molecule has 0 bridgehead atoms. The van der Waals surface area contributed by atoms with E-state index in [1.807, 2.05) is 25.1 Å². The molecule has 1 aliphatic heterocycles. The minimum atomic E-state index is -4.32. The maximum atomic E-state index is 12.8. The second-order valence-corrected chi connectivity index (χ2v) is 10.7. The fraction of sp³-hybridized carbons (Fsp3) is 0.296. The van der Waals surface area contributed by atoms with Crippen molar-refractivity contribution in [3.63, 3.8) is 0 Å². The largest absolute Gasteiger partial charge is 0.416 e. The van der Waals surface area contributed by atoms with Gasteiger partial charge in [0.1, 0.15) is 17.4 Å². The Morgan fingerprint density at radius 1 is 1.00 bits per heavy atom. The molecule has 0 fully saturated rings. The van der Waals surface area contributed by atoms with Crippen LogP contribution < -0.4 is 0 Å². The van der Waals surface area contributed by atoms with Crippen LogP contribution in [0.15, 0.2) is 47.5 Å². The van der Waals surface area contributed by atoms with Crippen LogP contribution in [0.3, 0.4) is 0 Å². The van der Waals surface area contributed by atoms with Gasteiger partial charge in [0.2, 0.25) is 0 Å². The fourth-order valence-corrected chi connectivity index (χ4v) is 6.82. The summed E-state index contributed by atoms with van der Waals surface area (Å²) in [7, 11) is 0. The molecule has 0 atom stereocenters. The lowest BCUT2D eigenvalue weighted by Crippen LogP contribution is -2.09. The number of alkyl halides is 3. The Kier molecular flexibility index (Phi) is 5.76. The smallest absolute Gasteiger partial charge is 0.276 e. The molecule has 0 saturated heterocycles. The van der Waals surface area contributed by atoms with Gasteiger partial charge in [-0.15, -0.1) is 21.5 Å². The van der Waals surface area contributed by atoms with Gasteiger partial charge in [0.25, 0.3) is 0 Å². The third-order valence-electron chi connectivity index (χ3n) is 6.89. The van der Waals surface area contributed by atoms with Crippen molar-refractivity contribution in [1.82, 2.24) is 14.8 Å². The Hall–Kier alpha value is -2.97. The van der Waals surface area contributed by atoms with E-state index in [1.165, 1.54) is 22.6 Å². The molecule has 2 aliphatic rings.